The van der Waals surface area contributed by atoms with E-state index in [0.29, 0.717) is 5.82 Å². The van der Waals surface area contributed by atoms with Gasteiger partial charge in [-0.05, 0) is 33.0 Å². The molecule has 0 bridgehead atoms. The minimum Gasteiger partial charge on any atom is -0.391 e. The van der Waals surface area contributed by atoms with Gasteiger partial charge in [0.1, 0.15) is 5.69 Å². The van der Waals surface area contributed by atoms with Crippen LogP contribution in [-0.2, 0) is 0 Å². The molecule has 1 rings (SSSR count). The zero-order valence-corrected chi connectivity index (χ0v) is 12.1. The molecule has 0 atom stereocenters. The van der Waals surface area contributed by atoms with Crippen LogP contribution in [0.25, 0.3) is 0 Å². The average molecular weight is 267 g/mol. The molecule has 0 aliphatic rings. The number of hydrogen-bond donors (Lipinski definition) is 2. The molecule has 0 aliphatic heterocycles. The van der Waals surface area contributed by atoms with Gasteiger partial charge in [0.2, 0.25) is 0 Å². The molecule has 6 nitrogen and oxygen atoms in total. The van der Waals surface area contributed by atoms with E-state index >= 15 is 0 Å². The number of nitrogens with one attached hydrogen (secondary N) is 1. The summed E-state index contributed by atoms with van der Waals surface area (Å²) in [5.74, 6) is 0.589. The van der Waals surface area contributed by atoms with Crippen LogP contribution < -0.4 is 16.2 Å². The molecule has 19 heavy (non-hydrogen) atoms. The molecule has 0 amide bonds. The van der Waals surface area contributed by atoms with Crippen molar-refractivity contribution in [2.75, 3.05) is 43.4 Å². The molecule has 108 valence electrons. The highest BCUT2D eigenvalue weighted by molar-refractivity contribution is 5.60. The molecule has 0 aromatic carbocycles. The lowest BCUT2D eigenvalue weighted by Gasteiger charge is -2.24. The highest BCUT2D eigenvalue weighted by Crippen LogP contribution is 2.14. The summed E-state index contributed by atoms with van der Waals surface area (Å²) in [6, 6.07) is 0. The number of nitrogen functional groups attached to an aromatic ring is 1. The van der Waals surface area contributed by atoms with E-state index in [1.807, 2.05) is 11.8 Å². The number of hydrogen-bond acceptors (Lipinski definition) is 5. The van der Waals surface area contributed by atoms with E-state index in [-0.39, 0.29) is 11.2 Å². The minimum atomic E-state index is -0.271. The molecule has 0 saturated carbocycles. The van der Waals surface area contributed by atoms with E-state index < -0.39 is 0 Å². The van der Waals surface area contributed by atoms with E-state index in [2.05, 4.69) is 28.7 Å². The number of aromatic amines is 1. The van der Waals surface area contributed by atoms with Crippen molar-refractivity contribution in [1.82, 2.24) is 14.9 Å². The summed E-state index contributed by atoms with van der Waals surface area (Å²) in [7, 11) is 0. The molecule has 0 saturated heterocycles. The van der Waals surface area contributed by atoms with Crippen LogP contribution in [0.5, 0.6) is 0 Å². The standard InChI is InChI=1S/C13H25N5O/c1-4-17(5-2)8-7-9-18(6-3)12-11(14)13(19)16-10-15-12/h10H,4-9,14H2,1-3H3,(H,15,16,19). The topological polar surface area (TPSA) is 78.2 Å². The second-order valence-electron chi connectivity index (χ2n) is 4.43. The molecule has 0 radical (unpaired) electrons. The average Bonchev–Trinajstić information content (AvgIpc) is 2.43. The highest BCUT2D eigenvalue weighted by atomic mass is 16.1. The monoisotopic (exact) mass is 267 g/mol. The summed E-state index contributed by atoms with van der Waals surface area (Å²) in [5, 5.41) is 0. The summed E-state index contributed by atoms with van der Waals surface area (Å²) < 4.78 is 0. The van der Waals surface area contributed by atoms with Gasteiger partial charge >= 0.3 is 0 Å². The maximum atomic E-state index is 11.5. The Labute approximate surface area is 114 Å². The van der Waals surface area contributed by atoms with E-state index in [9.17, 15) is 4.79 Å². The van der Waals surface area contributed by atoms with E-state index in [1.54, 1.807) is 0 Å². The van der Waals surface area contributed by atoms with E-state index in [1.165, 1.54) is 6.33 Å². The van der Waals surface area contributed by atoms with Crippen molar-refractivity contribution < 1.29 is 0 Å². The van der Waals surface area contributed by atoms with Gasteiger partial charge in [-0.25, -0.2) is 4.98 Å². The smallest absolute Gasteiger partial charge is 0.276 e. The second kappa shape index (κ2) is 7.78. The van der Waals surface area contributed by atoms with Gasteiger partial charge in [0.05, 0.1) is 6.33 Å². The lowest BCUT2D eigenvalue weighted by molar-refractivity contribution is 0.300. The van der Waals surface area contributed by atoms with Crippen molar-refractivity contribution in [3.63, 3.8) is 0 Å². The van der Waals surface area contributed by atoms with Crippen molar-refractivity contribution in [1.29, 1.82) is 0 Å². The maximum absolute atomic E-state index is 11.5. The Hall–Kier alpha value is -1.56. The number of nitrogens with two attached hydrogens (primary N) is 1. The van der Waals surface area contributed by atoms with Crippen LogP contribution in [0, 0.1) is 0 Å². The minimum absolute atomic E-state index is 0.201. The van der Waals surface area contributed by atoms with Gasteiger partial charge in [0.15, 0.2) is 5.82 Å². The number of rotatable bonds is 8. The molecule has 1 aromatic heterocycles. The number of anilines is 2. The van der Waals surface area contributed by atoms with Gasteiger partial charge in [-0.3, -0.25) is 4.79 Å². The maximum Gasteiger partial charge on any atom is 0.276 e. The van der Waals surface area contributed by atoms with E-state index in [0.717, 1.165) is 39.1 Å². The van der Waals surface area contributed by atoms with Crippen LogP contribution in [0.1, 0.15) is 27.2 Å². The molecule has 6 heteroatoms. The molecule has 0 spiro atoms. The summed E-state index contributed by atoms with van der Waals surface area (Å²) in [4.78, 5) is 22.6. The first kappa shape index (κ1) is 15.5. The Bertz CT molecular complexity index is 427. The Kier molecular flexibility index (Phi) is 6.35. The van der Waals surface area contributed by atoms with Gasteiger partial charge < -0.3 is 20.5 Å². The van der Waals surface area contributed by atoms with Gasteiger partial charge in [-0.15, -0.1) is 0 Å². The third kappa shape index (κ3) is 4.24. The van der Waals surface area contributed by atoms with Crippen LogP contribution in [0.15, 0.2) is 11.1 Å². The first-order chi connectivity index (χ1) is 9.13. The van der Waals surface area contributed by atoms with E-state index in [4.69, 9.17) is 5.73 Å². The van der Waals surface area contributed by atoms with Crippen LogP contribution in [0.3, 0.4) is 0 Å². The van der Waals surface area contributed by atoms with Gasteiger partial charge in [-0.1, -0.05) is 13.8 Å². The van der Waals surface area contributed by atoms with Crippen molar-refractivity contribution in [3.8, 4) is 0 Å². The first-order valence-electron chi connectivity index (χ1n) is 6.94. The summed E-state index contributed by atoms with van der Waals surface area (Å²) in [6.07, 6.45) is 2.44. The molecular formula is C13H25N5O. The van der Waals surface area contributed by atoms with Gasteiger partial charge in [-0.2, -0.15) is 0 Å². The van der Waals surface area contributed by atoms with Crippen LogP contribution >= 0.6 is 0 Å². The first-order valence-corrected chi connectivity index (χ1v) is 6.94. The summed E-state index contributed by atoms with van der Waals surface area (Å²) in [6.45, 7) is 11.2. The number of aromatic nitrogens is 2. The molecule has 0 aliphatic carbocycles. The fraction of sp³-hybridized carbons (Fsp3) is 0.692. The molecule has 1 aromatic rings. The predicted molar refractivity (Wildman–Crippen MR) is 79.6 cm³/mol. The summed E-state index contributed by atoms with van der Waals surface area (Å²) in [5.41, 5.74) is 5.71. The largest absolute Gasteiger partial charge is 0.391 e. The van der Waals surface area contributed by atoms with Crippen molar-refractivity contribution >= 4 is 11.5 Å². The predicted octanol–water partition coefficient (Wildman–Crippen LogP) is 0.910. The van der Waals surface area contributed by atoms with Crippen LogP contribution in [0.2, 0.25) is 0 Å². The Morgan fingerprint density at radius 3 is 2.47 bits per heavy atom. The molecule has 3 N–H and O–H groups in total. The molecule has 1 heterocycles. The lowest BCUT2D eigenvalue weighted by atomic mass is 10.3. The number of H-pyrrole nitrogens is 1. The second-order valence-corrected chi connectivity index (χ2v) is 4.43. The Morgan fingerprint density at radius 1 is 1.21 bits per heavy atom. The SMILES string of the molecule is CCN(CC)CCCN(CC)c1nc[nH]c(=O)c1N. The fourth-order valence-electron chi connectivity index (χ4n) is 2.09. The van der Waals surface area contributed by atoms with Crippen LogP contribution in [-0.4, -0.2) is 47.6 Å². The van der Waals surface area contributed by atoms with Gasteiger partial charge in [0, 0.05) is 13.1 Å². The molecule has 0 unspecified atom stereocenters. The van der Waals surface area contributed by atoms with Crippen molar-refractivity contribution in [2.45, 2.75) is 27.2 Å². The van der Waals surface area contributed by atoms with Crippen LogP contribution in [0.4, 0.5) is 11.5 Å². The Morgan fingerprint density at radius 2 is 1.89 bits per heavy atom. The quantitative estimate of drug-likeness (QED) is 0.732. The molecule has 0 fully saturated rings. The van der Waals surface area contributed by atoms with Crippen molar-refractivity contribution in [3.05, 3.63) is 16.7 Å². The third-order valence-corrected chi connectivity index (χ3v) is 3.35. The fourth-order valence-corrected chi connectivity index (χ4v) is 2.09. The normalized spacial score (nSPS) is 10.9. The number of nitrogens with zero attached hydrogens (tertiary/aromatic N) is 3. The zero-order valence-electron chi connectivity index (χ0n) is 12.1. The third-order valence-electron chi connectivity index (χ3n) is 3.35. The Balaban J connectivity index is 2.63. The summed E-state index contributed by atoms with van der Waals surface area (Å²) >= 11 is 0. The molecular weight excluding hydrogens is 242 g/mol. The van der Waals surface area contributed by atoms with Gasteiger partial charge in [0.25, 0.3) is 5.56 Å². The highest BCUT2D eigenvalue weighted by Gasteiger charge is 2.12. The lowest BCUT2D eigenvalue weighted by Crippen LogP contribution is -2.32. The van der Waals surface area contributed by atoms with Crippen molar-refractivity contribution in [2.24, 2.45) is 0 Å². The zero-order chi connectivity index (χ0) is 14.3.